The molecule has 0 atom stereocenters. The summed E-state index contributed by atoms with van der Waals surface area (Å²) in [5, 5.41) is 2.61. The molecule has 6 heteroatoms. The van der Waals surface area contributed by atoms with Gasteiger partial charge in [-0.2, -0.15) is 0 Å². The quantitative estimate of drug-likeness (QED) is 0.863. The van der Waals surface area contributed by atoms with Gasteiger partial charge in [-0.05, 0) is 38.3 Å². The van der Waals surface area contributed by atoms with Gasteiger partial charge in [0.15, 0.2) is 0 Å². The van der Waals surface area contributed by atoms with E-state index in [1.165, 1.54) is 6.07 Å². The Kier molecular flexibility index (Phi) is 3.78. The van der Waals surface area contributed by atoms with Crippen molar-refractivity contribution in [2.24, 2.45) is 0 Å². The molecule has 2 heterocycles. The summed E-state index contributed by atoms with van der Waals surface area (Å²) in [5.41, 5.74) is 0.486. The van der Waals surface area contributed by atoms with Crippen molar-refractivity contribution >= 4 is 17.6 Å². The Morgan fingerprint density at radius 1 is 1.30 bits per heavy atom. The highest BCUT2D eigenvalue weighted by Gasteiger charge is 2.53. The van der Waals surface area contributed by atoms with Crippen LogP contribution in [0.1, 0.15) is 32.3 Å². The number of halogens is 1. The lowest BCUT2D eigenvalue weighted by molar-refractivity contribution is -0.125. The first-order chi connectivity index (χ1) is 10.9. The Bertz CT molecular complexity index is 651. The monoisotopic (exact) mass is 319 g/mol. The van der Waals surface area contributed by atoms with Crippen molar-refractivity contribution in [1.82, 2.24) is 10.2 Å². The van der Waals surface area contributed by atoms with Crippen molar-refractivity contribution in [2.75, 3.05) is 25.0 Å². The van der Waals surface area contributed by atoms with E-state index in [1.54, 1.807) is 22.9 Å². The molecule has 1 N–H and O–H groups in total. The molecule has 0 aliphatic carbocycles. The zero-order chi connectivity index (χ0) is 16.8. The number of urea groups is 1. The van der Waals surface area contributed by atoms with Crippen molar-refractivity contribution in [3.63, 3.8) is 0 Å². The summed E-state index contributed by atoms with van der Waals surface area (Å²) in [7, 11) is 1.60. The first-order valence-electron chi connectivity index (χ1n) is 8.01. The number of nitrogens with zero attached hydrogens (tertiary/aromatic N) is 2. The predicted molar refractivity (Wildman–Crippen MR) is 86.0 cm³/mol. The molecule has 2 aliphatic heterocycles. The third-order valence-corrected chi connectivity index (χ3v) is 5.01. The molecule has 1 fully saturated rings. The van der Waals surface area contributed by atoms with Crippen LogP contribution in [-0.2, 0) is 10.2 Å². The van der Waals surface area contributed by atoms with Gasteiger partial charge in [-0.1, -0.05) is 12.1 Å². The summed E-state index contributed by atoms with van der Waals surface area (Å²) in [6.07, 6.45) is 1.05. The Morgan fingerprint density at radius 2 is 1.96 bits per heavy atom. The molecule has 3 rings (SSSR count). The molecule has 5 nitrogen and oxygen atoms in total. The van der Waals surface area contributed by atoms with Gasteiger partial charge in [-0.3, -0.25) is 4.79 Å². The number of hydrogen-bond donors (Lipinski definition) is 1. The standard InChI is InChI=1S/C17H22FN3O2/c1-11(2)21-14-12(5-4-6-13(14)18)17(15(21)22)7-9-20(10-8-17)16(23)19-3/h4-6,11H,7-10H2,1-3H3,(H,19,23). The second kappa shape index (κ2) is 5.51. The minimum atomic E-state index is -0.702. The molecule has 0 saturated carbocycles. The maximum Gasteiger partial charge on any atom is 0.317 e. The van der Waals surface area contributed by atoms with Crippen LogP contribution in [0.4, 0.5) is 14.9 Å². The molecule has 0 radical (unpaired) electrons. The largest absolute Gasteiger partial charge is 0.341 e. The molecule has 2 aliphatic rings. The molecular formula is C17H22FN3O2. The average molecular weight is 319 g/mol. The van der Waals surface area contributed by atoms with Gasteiger partial charge in [0.25, 0.3) is 0 Å². The number of amides is 3. The van der Waals surface area contributed by atoms with Gasteiger partial charge in [0.1, 0.15) is 5.82 Å². The van der Waals surface area contributed by atoms with Gasteiger partial charge < -0.3 is 15.1 Å². The van der Waals surface area contributed by atoms with Crippen molar-refractivity contribution in [1.29, 1.82) is 0 Å². The van der Waals surface area contributed by atoms with E-state index >= 15 is 0 Å². The number of carbonyl (C=O) groups is 2. The number of nitrogens with one attached hydrogen (secondary N) is 1. The van der Waals surface area contributed by atoms with E-state index in [1.807, 2.05) is 19.9 Å². The molecule has 0 aromatic heterocycles. The molecule has 0 bridgehead atoms. The lowest BCUT2D eigenvalue weighted by Crippen LogP contribution is -2.52. The zero-order valence-electron chi connectivity index (χ0n) is 13.7. The zero-order valence-corrected chi connectivity index (χ0v) is 13.7. The third kappa shape index (κ3) is 2.19. The summed E-state index contributed by atoms with van der Waals surface area (Å²) < 4.78 is 14.4. The molecule has 1 aromatic rings. The normalized spacial score (nSPS) is 19.4. The molecule has 3 amide bonds. The summed E-state index contributed by atoms with van der Waals surface area (Å²) in [6, 6.07) is 4.69. The Morgan fingerprint density at radius 3 is 2.52 bits per heavy atom. The van der Waals surface area contributed by atoms with E-state index in [4.69, 9.17) is 0 Å². The van der Waals surface area contributed by atoms with Crippen molar-refractivity contribution < 1.29 is 14.0 Å². The third-order valence-electron chi connectivity index (χ3n) is 5.01. The van der Waals surface area contributed by atoms with Crippen LogP contribution < -0.4 is 10.2 Å². The first-order valence-corrected chi connectivity index (χ1v) is 8.01. The predicted octanol–water partition coefficient (Wildman–Crippen LogP) is 2.25. The fraction of sp³-hybridized carbons (Fsp3) is 0.529. The van der Waals surface area contributed by atoms with Crippen LogP contribution >= 0.6 is 0 Å². The number of anilines is 1. The van der Waals surface area contributed by atoms with Gasteiger partial charge in [0, 0.05) is 26.2 Å². The van der Waals surface area contributed by atoms with Crippen molar-refractivity contribution in [3.05, 3.63) is 29.6 Å². The summed E-state index contributed by atoms with van der Waals surface area (Å²) in [6.45, 7) is 4.78. The molecule has 0 unspecified atom stereocenters. The molecule has 124 valence electrons. The van der Waals surface area contributed by atoms with E-state index in [0.29, 0.717) is 31.6 Å². The molecular weight excluding hydrogens is 297 g/mol. The Hall–Kier alpha value is -2.11. The number of likely N-dealkylation sites (tertiary alicyclic amines) is 1. The number of piperidine rings is 1. The van der Waals surface area contributed by atoms with Crippen molar-refractivity contribution in [3.8, 4) is 0 Å². The van der Waals surface area contributed by atoms with Crippen LogP contribution in [0, 0.1) is 5.82 Å². The lowest BCUT2D eigenvalue weighted by atomic mass is 9.73. The summed E-state index contributed by atoms with van der Waals surface area (Å²) >= 11 is 0. The smallest absolute Gasteiger partial charge is 0.317 e. The average Bonchev–Trinajstić information content (AvgIpc) is 2.78. The molecule has 1 aromatic carbocycles. The first kappa shape index (κ1) is 15.8. The number of benzene rings is 1. The van der Waals surface area contributed by atoms with Crippen molar-refractivity contribution in [2.45, 2.75) is 38.1 Å². The number of hydrogen-bond acceptors (Lipinski definition) is 2. The topological polar surface area (TPSA) is 52.7 Å². The maximum atomic E-state index is 14.4. The molecule has 1 spiro atoms. The molecule has 23 heavy (non-hydrogen) atoms. The van der Waals surface area contributed by atoms with E-state index in [2.05, 4.69) is 5.32 Å². The van der Waals surface area contributed by atoms with Crippen LogP contribution in [0.15, 0.2) is 18.2 Å². The van der Waals surface area contributed by atoms with E-state index in [0.717, 1.165) is 5.56 Å². The highest BCUT2D eigenvalue weighted by molar-refractivity contribution is 6.08. The van der Waals surface area contributed by atoms with E-state index < -0.39 is 5.41 Å². The minimum absolute atomic E-state index is 0.0378. The molecule has 1 saturated heterocycles. The van der Waals surface area contributed by atoms with Crippen LogP contribution in [0.3, 0.4) is 0 Å². The second-order valence-corrected chi connectivity index (χ2v) is 6.53. The van der Waals surface area contributed by atoms with Crippen LogP contribution in [-0.4, -0.2) is 43.0 Å². The highest BCUT2D eigenvalue weighted by atomic mass is 19.1. The SMILES string of the molecule is CNC(=O)N1CCC2(CC1)C(=O)N(C(C)C)c1c(F)cccc12. The summed E-state index contributed by atoms with van der Waals surface area (Å²) in [5.74, 6) is -0.390. The van der Waals surface area contributed by atoms with Gasteiger partial charge >= 0.3 is 6.03 Å². The Balaban J connectivity index is 2.00. The van der Waals surface area contributed by atoms with Gasteiger partial charge in [0.05, 0.1) is 11.1 Å². The van der Waals surface area contributed by atoms with Gasteiger partial charge in [-0.25, -0.2) is 9.18 Å². The Labute approximate surface area is 135 Å². The maximum absolute atomic E-state index is 14.4. The highest BCUT2D eigenvalue weighted by Crippen LogP contribution is 2.49. The fourth-order valence-electron chi connectivity index (χ4n) is 3.82. The fourth-order valence-corrected chi connectivity index (χ4v) is 3.82. The van der Waals surface area contributed by atoms with E-state index in [9.17, 15) is 14.0 Å². The van der Waals surface area contributed by atoms with Crippen LogP contribution in [0.5, 0.6) is 0 Å². The van der Waals surface area contributed by atoms with Gasteiger partial charge in [-0.15, -0.1) is 0 Å². The second-order valence-electron chi connectivity index (χ2n) is 6.53. The number of fused-ring (bicyclic) bond motifs is 2. The lowest BCUT2D eigenvalue weighted by Gasteiger charge is -2.38. The summed E-state index contributed by atoms with van der Waals surface area (Å²) in [4.78, 5) is 28.2. The van der Waals surface area contributed by atoms with Crippen LogP contribution in [0.2, 0.25) is 0 Å². The number of carbonyl (C=O) groups excluding carboxylic acids is 2. The number of rotatable bonds is 1. The van der Waals surface area contributed by atoms with Gasteiger partial charge in [0.2, 0.25) is 5.91 Å². The van der Waals surface area contributed by atoms with Crippen LogP contribution in [0.25, 0.3) is 0 Å². The number of para-hydroxylation sites is 1. The minimum Gasteiger partial charge on any atom is -0.341 e. The van der Waals surface area contributed by atoms with E-state index in [-0.39, 0.29) is 23.8 Å².